The second-order valence-corrected chi connectivity index (χ2v) is 5.52. The first-order chi connectivity index (χ1) is 10.5. The van der Waals surface area contributed by atoms with E-state index in [0.717, 1.165) is 5.69 Å². The minimum Gasteiger partial charge on any atom is -0.477 e. The molecule has 0 amide bonds. The second-order valence-electron chi connectivity index (χ2n) is 5.52. The fourth-order valence-electron chi connectivity index (χ4n) is 3.12. The number of ketones is 2. The van der Waals surface area contributed by atoms with E-state index in [1.807, 2.05) is 0 Å². The van der Waals surface area contributed by atoms with E-state index in [4.69, 9.17) is 5.11 Å². The van der Waals surface area contributed by atoms with Crippen LogP contribution in [-0.2, 0) is 11.3 Å². The van der Waals surface area contributed by atoms with Crippen LogP contribution in [0.1, 0.15) is 26.7 Å². The van der Waals surface area contributed by atoms with Gasteiger partial charge in [0.15, 0.2) is 5.78 Å². The molecule has 0 saturated carbocycles. The number of likely N-dealkylation sites (N-methyl/N-ethyl adjacent to an activating group) is 1. The number of carboxylic acid groups (broad SMARTS) is 1. The SMILES string of the molecule is CN1CC(=O)Cn2cc3cc(C(=O)O)nc4c3c2C1=CC4=O. The number of carbonyl (C=O) groups excluding carboxylic acids is 2. The predicted octanol–water partition coefficient (Wildman–Crippen LogP) is 0.786. The number of hydrogen-bond donors (Lipinski definition) is 1. The van der Waals surface area contributed by atoms with Crippen molar-refractivity contribution in [2.45, 2.75) is 6.54 Å². The number of aromatic nitrogens is 2. The molecule has 0 unspecified atom stereocenters. The number of carboxylic acids is 1. The summed E-state index contributed by atoms with van der Waals surface area (Å²) in [6.07, 6.45) is 3.14. The largest absolute Gasteiger partial charge is 0.477 e. The van der Waals surface area contributed by atoms with E-state index >= 15 is 0 Å². The zero-order valence-electron chi connectivity index (χ0n) is 11.7. The molecule has 0 fully saturated rings. The van der Waals surface area contributed by atoms with E-state index in [-0.39, 0.29) is 36.0 Å². The van der Waals surface area contributed by atoms with Gasteiger partial charge >= 0.3 is 5.97 Å². The lowest BCUT2D eigenvalue weighted by Gasteiger charge is -2.22. The highest BCUT2D eigenvalue weighted by molar-refractivity contribution is 6.21. The van der Waals surface area contributed by atoms with E-state index in [0.29, 0.717) is 16.5 Å². The Morgan fingerprint density at radius 1 is 1.32 bits per heavy atom. The Morgan fingerprint density at radius 3 is 2.82 bits per heavy atom. The number of rotatable bonds is 1. The normalized spacial score (nSPS) is 16.8. The van der Waals surface area contributed by atoms with Crippen molar-refractivity contribution in [3.63, 3.8) is 0 Å². The van der Waals surface area contributed by atoms with Crippen LogP contribution < -0.4 is 0 Å². The summed E-state index contributed by atoms with van der Waals surface area (Å²) in [5.74, 6) is -1.50. The van der Waals surface area contributed by atoms with Gasteiger partial charge < -0.3 is 14.6 Å². The Bertz CT molecular complexity index is 923. The molecule has 1 aliphatic heterocycles. The molecule has 2 aromatic heterocycles. The smallest absolute Gasteiger partial charge is 0.354 e. The van der Waals surface area contributed by atoms with Crippen molar-refractivity contribution in [2.24, 2.45) is 0 Å². The van der Waals surface area contributed by atoms with Gasteiger partial charge in [0.1, 0.15) is 11.4 Å². The molecule has 0 saturated heterocycles. The van der Waals surface area contributed by atoms with Crippen LogP contribution in [0.2, 0.25) is 0 Å². The van der Waals surface area contributed by atoms with Gasteiger partial charge in [-0.15, -0.1) is 0 Å². The standard InChI is InChI=1S/C15H11N3O4/c1-17-5-8(19)6-18-4-7-2-9(15(21)22)16-13-11(20)3-10(17)14(18)12(7)13/h2-4H,5-6H2,1H3,(H,21,22). The predicted molar refractivity (Wildman–Crippen MR) is 76.6 cm³/mol. The van der Waals surface area contributed by atoms with Crippen molar-refractivity contribution in [3.05, 3.63) is 35.4 Å². The summed E-state index contributed by atoms with van der Waals surface area (Å²) in [5, 5.41) is 10.4. The zero-order chi connectivity index (χ0) is 15.6. The summed E-state index contributed by atoms with van der Waals surface area (Å²) < 4.78 is 1.77. The average molecular weight is 297 g/mol. The van der Waals surface area contributed by atoms with Crippen molar-refractivity contribution in [3.8, 4) is 0 Å². The number of hydrogen-bond acceptors (Lipinski definition) is 5. The van der Waals surface area contributed by atoms with Gasteiger partial charge in [0, 0.05) is 30.1 Å². The molecule has 2 aliphatic rings. The van der Waals surface area contributed by atoms with Gasteiger partial charge in [-0.25, -0.2) is 9.78 Å². The fourth-order valence-corrected chi connectivity index (χ4v) is 3.12. The first kappa shape index (κ1) is 12.8. The number of nitrogens with zero attached hydrogens (tertiary/aromatic N) is 3. The van der Waals surface area contributed by atoms with Gasteiger partial charge in [-0.05, 0) is 6.07 Å². The molecule has 7 nitrogen and oxygen atoms in total. The highest BCUT2D eigenvalue weighted by atomic mass is 16.4. The van der Waals surface area contributed by atoms with Gasteiger partial charge in [0.25, 0.3) is 0 Å². The zero-order valence-corrected chi connectivity index (χ0v) is 11.7. The molecule has 2 aromatic rings. The van der Waals surface area contributed by atoms with Crippen molar-refractivity contribution >= 4 is 34.0 Å². The fraction of sp³-hybridized carbons (Fsp3) is 0.200. The quantitative estimate of drug-likeness (QED) is 0.836. The van der Waals surface area contributed by atoms with Crippen LogP contribution in [0.3, 0.4) is 0 Å². The van der Waals surface area contributed by atoms with Crippen molar-refractivity contribution in [1.82, 2.24) is 14.5 Å². The Balaban J connectivity index is 2.12. The summed E-state index contributed by atoms with van der Waals surface area (Å²) in [7, 11) is 1.76. The monoisotopic (exact) mass is 297 g/mol. The van der Waals surface area contributed by atoms with Gasteiger partial charge in [0.2, 0.25) is 5.78 Å². The maximum absolute atomic E-state index is 12.3. The lowest BCUT2D eigenvalue weighted by molar-refractivity contribution is -0.119. The molecule has 1 N–H and O–H groups in total. The molecule has 4 rings (SSSR count). The van der Waals surface area contributed by atoms with Crippen molar-refractivity contribution < 1.29 is 19.5 Å². The molecule has 0 bridgehead atoms. The van der Waals surface area contributed by atoms with Crippen LogP contribution in [-0.4, -0.2) is 50.7 Å². The van der Waals surface area contributed by atoms with Gasteiger partial charge in [-0.2, -0.15) is 0 Å². The van der Waals surface area contributed by atoms with Crippen LogP contribution in [0, 0.1) is 0 Å². The maximum Gasteiger partial charge on any atom is 0.354 e. The summed E-state index contributed by atoms with van der Waals surface area (Å²) in [6.45, 7) is 0.431. The number of carbonyl (C=O) groups is 3. The third kappa shape index (κ3) is 1.56. The number of pyridine rings is 1. The van der Waals surface area contributed by atoms with E-state index in [1.165, 1.54) is 12.1 Å². The molecule has 110 valence electrons. The van der Waals surface area contributed by atoms with E-state index in [2.05, 4.69) is 4.98 Å². The molecular formula is C15H11N3O4. The Labute approximate surface area is 124 Å². The van der Waals surface area contributed by atoms with Crippen LogP contribution in [0.5, 0.6) is 0 Å². The highest BCUT2D eigenvalue weighted by Gasteiger charge is 2.31. The van der Waals surface area contributed by atoms with Crippen LogP contribution in [0.25, 0.3) is 16.5 Å². The number of Topliss-reactive ketones (excluding diaryl/α,β-unsaturated/α-hetero) is 1. The third-order valence-corrected chi connectivity index (χ3v) is 4.00. The van der Waals surface area contributed by atoms with Crippen molar-refractivity contribution in [1.29, 1.82) is 0 Å². The maximum atomic E-state index is 12.3. The number of aromatic carboxylic acids is 1. The van der Waals surface area contributed by atoms with Gasteiger partial charge in [0.05, 0.1) is 24.5 Å². The molecule has 0 radical (unpaired) electrons. The minimum absolute atomic E-state index is 0.0229. The Hall–Kier alpha value is -2.96. The van der Waals surface area contributed by atoms with Crippen molar-refractivity contribution in [2.75, 3.05) is 13.6 Å². The molecule has 0 atom stereocenters. The summed E-state index contributed by atoms with van der Waals surface area (Å²) in [4.78, 5) is 41.2. The first-order valence-corrected chi connectivity index (χ1v) is 6.72. The Kier molecular flexibility index (Phi) is 2.34. The van der Waals surface area contributed by atoms with E-state index in [9.17, 15) is 14.4 Å². The second kappa shape index (κ2) is 4.03. The van der Waals surface area contributed by atoms with Crippen LogP contribution in [0.15, 0.2) is 18.3 Å². The van der Waals surface area contributed by atoms with E-state index in [1.54, 1.807) is 22.7 Å². The third-order valence-electron chi connectivity index (χ3n) is 4.00. The minimum atomic E-state index is -1.18. The molecule has 0 aromatic carbocycles. The van der Waals surface area contributed by atoms with E-state index < -0.39 is 5.97 Å². The molecular weight excluding hydrogens is 286 g/mol. The number of allylic oxidation sites excluding steroid dienone is 1. The molecule has 3 heterocycles. The molecule has 0 spiro atoms. The van der Waals surface area contributed by atoms with Crippen LogP contribution in [0.4, 0.5) is 0 Å². The summed E-state index contributed by atoms with van der Waals surface area (Å²) in [5.41, 5.74) is 1.38. The highest BCUT2D eigenvalue weighted by Crippen LogP contribution is 2.36. The molecule has 1 aliphatic carbocycles. The Morgan fingerprint density at radius 2 is 2.09 bits per heavy atom. The lowest BCUT2D eigenvalue weighted by atomic mass is 10.00. The molecule has 22 heavy (non-hydrogen) atoms. The summed E-state index contributed by atoms with van der Waals surface area (Å²) >= 11 is 0. The topological polar surface area (TPSA) is 92.5 Å². The summed E-state index contributed by atoms with van der Waals surface area (Å²) in [6, 6.07) is 1.43. The lowest BCUT2D eigenvalue weighted by Crippen LogP contribution is -2.24. The average Bonchev–Trinajstić information content (AvgIpc) is 2.75. The molecule has 7 heteroatoms. The van der Waals surface area contributed by atoms with Gasteiger partial charge in [-0.1, -0.05) is 0 Å². The first-order valence-electron chi connectivity index (χ1n) is 6.72. The van der Waals surface area contributed by atoms with Crippen LogP contribution >= 0.6 is 0 Å². The van der Waals surface area contributed by atoms with Gasteiger partial charge in [-0.3, -0.25) is 9.59 Å².